The predicted octanol–water partition coefficient (Wildman–Crippen LogP) is 6.69. The van der Waals surface area contributed by atoms with Crippen LogP contribution in [0.4, 0.5) is 10.5 Å². The van der Waals surface area contributed by atoms with Gasteiger partial charge in [-0.05, 0) is 60.0 Å². The third-order valence-electron chi connectivity index (χ3n) is 5.75. The van der Waals surface area contributed by atoms with Crippen LogP contribution in [0.25, 0.3) is 5.69 Å². The molecule has 4 aromatic rings. The second-order valence-electron chi connectivity index (χ2n) is 7.77. The van der Waals surface area contributed by atoms with Crippen molar-refractivity contribution in [2.75, 3.05) is 5.32 Å². The number of hydrogen-bond acceptors (Lipinski definition) is 1. The van der Waals surface area contributed by atoms with Crippen molar-refractivity contribution in [3.05, 3.63) is 118 Å². The van der Waals surface area contributed by atoms with E-state index in [1.807, 2.05) is 66.4 Å². The molecule has 1 atom stereocenters. The lowest BCUT2D eigenvalue weighted by Crippen LogP contribution is -2.37. The van der Waals surface area contributed by atoms with Gasteiger partial charge < -0.3 is 14.8 Å². The maximum absolute atomic E-state index is 13.6. The lowest BCUT2D eigenvalue weighted by Gasteiger charge is -2.31. The van der Waals surface area contributed by atoms with Gasteiger partial charge in [-0.1, -0.05) is 64.5 Å². The summed E-state index contributed by atoms with van der Waals surface area (Å²) in [4.78, 5) is 15.6. The molecule has 1 aromatic heterocycles. The topological polar surface area (TPSA) is 37.3 Å². The Morgan fingerprint density at radius 1 is 0.968 bits per heavy atom. The number of nitrogens with zero attached hydrogens (tertiary/aromatic N) is 2. The molecule has 2 heterocycles. The molecule has 1 N–H and O–H groups in total. The Bertz CT molecular complexity index is 1250. The number of rotatable bonds is 2. The normalized spacial score (nSPS) is 15.0. The van der Waals surface area contributed by atoms with Gasteiger partial charge in [-0.2, -0.15) is 0 Å². The molecule has 3 aromatic carbocycles. The average Bonchev–Trinajstić information content (AvgIpc) is 3.21. The SMILES string of the molecule is Cc1cc(NC(=O)N2Cc3ccccc3-n3cccc3C2c2ccccc2)ccc1Br. The minimum atomic E-state index is -0.208. The molecule has 154 valence electrons. The first-order valence-corrected chi connectivity index (χ1v) is 11.1. The quantitative estimate of drug-likeness (QED) is 0.347. The zero-order valence-corrected chi connectivity index (χ0v) is 18.7. The number of fused-ring (bicyclic) bond motifs is 3. The van der Waals surface area contributed by atoms with Crippen LogP contribution < -0.4 is 5.32 Å². The minimum Gasteiger partial charge on any atom is -0.318 e. The predicted molar refractivity (Wildman–Crippen MR) is 127 cm³/mol. The van der Waals surface area contributed by atoms with Gasteiger partial charge in [-0.3, -0.25) is 0 Å². The molecular formula is C26H22BrN3O. The fourth-order valence-electron chi connectivity index (χ4n) is 4.24. The van der Waals surface area contributed by atoms with E-state index >= 15 is 0 Å². The van der Waals surface area contributed by atoms with E-state index in [4.69, 9.17) is 0 Å². The van der Waals surface area contributed by atoms with Crippen LogP contribution in [-0.2, 0) is 6.54 Å². The number of anilines is 1. The maximum atomic E-state index is 13.6. The van der Waals surface area contributed by atoms with E-state index in [9.17, 15) is 4.79 Å². The maximum Gasteiger partial charge on any atom is 0.322 e. The van der Waals surface area contributed by atoms with E-state index in [1.165, 1.54) is 0 Å². The number of carbonyl (C=O) groups excluding carboxylic acids is 1. The van der Waals surface area contributed by atoms with Crippen molar-refractivity contribution in [3.63, 3.8) is 0 Å². The summed E-state index contributed by atoms with van der Waals surface area (Å²) in [7, 11) is 0. The highest BCUT2D eigenvalue weighted by atomic mass is 79.9. The molecule has 0 bridgehead atoms. The molecule has 1 unspecified atom stereocenters. The highest BCUT2D eigenvalue weighted by molar-refractivity contribution is 9.10. The lowest BCUT2D eigenvalue weighted by molar-refractivity contribution is 0.194. The van der Waals surface area contributed by atoms with Gasteiger partial charge in [0.1, 0.15) is 0 Å². The van der Waals surface area contributed by atoms with Gasteiger partial charge in [0.05, 0.1) is 18.3 Å². The number of aromatic nitrogens is 1. The van der Waals surface area contributed by atoms with Gasteiger partial charge in [-0.25, -0.2) is 4.79 Å². The molecule has 1 aliphatic rings. The van der Waals surface area contributed by atoms with Crippen LogP contribution in [0.1, 0.15) is 28.4 Å². The van der Waals surface area contributed by atoms with Crippen LogP contribution in [0.15, 0.2) is 95.6 Å². The standard InChI is InChI=1S/C26H22BrN3O/c1-18-16-21(13-14-22(18)27)28-26(31)30-17-20-10-5-6-11-23(20)29-15-7-12-24(29)25(30)19-8-3-2-4-9-19/h2-16,25H,17H2,1H3,(H,28,31). The molecule has 0 aliphatic carbocycles. The van der Waals surface area contributed by atoms with Gasteiger partial charge in [0.25, 0.3) is 0 Å². The number of halogens is 1. The van der Waals surface area contributed by atoms with Gasteiger partial charge in [0.15, 0.2) is 0 Å². The van der Waals surface area contributed by atoms with Crippen molar-refractivity contribution in [2.24, 2.45) is 0 Å². The minimum absolute atomic E-state index is 0.125. The van der Waals surface area contributed by atoms with Crippen LogP contribution in [0.5, 0.6) is 0 Å². The zero-order valence-electron chi connectivity index (χ0n) is 17.1. The Kier molecular flexibility index (Phi) is 5.12. The monoisotopic (exact) mass is 471 g/mol. The zero-order chi connectivity index (χ0) is 21.4. The molecule has 0 fully saturated rings. The number of urea groups is 1. The van der Waals surface area contributed by atoms with Gasteiger partial charge in [-0.15, -0.1) is 0 Å². The van der Waals surface area contributed by atoms with Crippen molar-refractivity contribution in [3.8, 4) is 5.69 Å². The summed E-state index contributed by atoms with van der Waals surface area (Å²) in [6.07, 6.45) is 2.07. The van der Waals surface area contributed by atoms with E-state index in [2.05, 4.69) is 62.3 Å². The Balaban J connectivity index is 1.61. The molecule has 0 saturated heterocycles. The first-order valence-electron chi connectivity index (χ1n) is 10.3. The second-order valence-corrected chi connectivity index (χ2v) is 8.62. The molecular weight excluding hydrogens is 450 g/mol. The molecule has 31 heavy (non-hydrogen) atoms. The molecule has 4 nitrogen and oxygen atoms in total. The van der Waals surface area contributed by atoms with Gasteiger partial charge >= 0.3 is 6.03 Å². The van der Waals surface area contributed by atoms with E-state index in [-0.39, 0.29) is 12.1 Å². The van der Waals surface area contributed by atoms with Crippen LogP contribution in [-0.4, -0.2) is 15.5 Å². The highest BCUT2D eigenvalue weighted by Crippen LogP contribution is 2.37. The van der Waals surface area contributed by atoms with Crippen LogP contribution in [0.3, 0.4) is 0 Å². The molecule has 5 rings (SSSR count). The van der Waals surface area contributed by atoms with Crippen molar-refractivity contribution in [1.82, 2.24) is 9.47 Å². The number of nitrogens with one attached hydrogen (secondary N) is 1. The fraction of sp³-hybridized carbons (Fsp3) is 0.115. The molecule has 0 radical (unpaired) electrons. The van der Waals surface area contributed by atoms with Gasteiger partial charge in [0, 0.05) is 22.1 Å². The second kappa shape index (κ2) is 8.08. The molecule has 5 heteroatoms. The molecule has 0 saturated carbocycles. The van der Waals surface area contributed by atoms with E-state index in [0.29, 0.717) is 6.54 Å². The van der Waals surface area contributed by atoms with E-state index < -0.39 is 0 Å². The molecule has 2 amide bonds. The third-order valence-corrected chi connectivity index (χ3v) is 6.64. The summed E-state index contributed by atoms with van der Waals surface area (Å²) in [5.74, 6) is 0. The Morgan fingerprint density at radius 2 is 1.74 bits per heavy atom. The summed E-state index contributed by atoms with van der Waals surface area (Å²) in [5.41, 5.74) is 6.23. The summed E-state index contributed by atoms with van der Waals surface area (Å²) < 4.78 is 3.22. The molecule has 1 aliphatic heterocycles. The Labute approximate surface area is 190 Å². The summed E-state index contributed by atoms with van der Waals surface area (Å²) in [6.45, 7) is 2.53. The van der Waals surface area contributed by atoms with Crippen molar-refractivity contribution < 1.29 is 4.79 Å². The summed E-state index contributed by atoms with van der Waals surface area (Å²) in [6, 6.07) is 28.2. The lowest BCUT2D eigenvalue weighted by atomic mass is 10.0. The Morgan fingerprint density at radius 3 is 2.55 bits per heavy atom. The smallest absolute Gasteiger partial charge is 0.318 e. The number of benzene rings is 3. The number of carbonyl (C=O) groups is 1. The largest absolute Gasteiger partial charge is 0.322 e. The van der Waals surface area contributed by atoms with Crippen molar-refractivity contribution >= 4 is 27.6 Å². The number of aryl methyl sites for hydroxylation is 1. The summed E-state index contributed by atoms with van der Waals surface area (Å²) in [5, 5.41) is 3.12. The van der Waals surface area contributed by atoms with Crippen LogP contribution in [0, 0.1) is 6.92 Å². The number of para-hydroxylation sites is 1. The highest BCUT2D eigenvalue weighted by Gasteiger charge is 2.32. The summed E-state index contributed by atoms with van der Waals surface area (Å²) >= 11 is 3.53. The number of hydrogen-bond donors (Lipinski definition) is 1. The van der Waals surface area contributed by atoms with E-state index in [1.54, 1.807) is 0 Å². The van der Waals surface area contributed by atoms with E-state index in [0.717, 1.165) is 38.2 Å². The third kappa shape index (κ3) is 3.66. The molecule has 0 spiro atoms. The number of amides is 2. The van der Waals surface area contributed by atoms with Gasteiger partial charge in [0.2, 0.25) is 0 Å². The Hall–Kier alpha value is -3.31. The average molecular weight is 472 g/mol. The van der Waals surface area contributed by atoms with Crippen molar-refractivity contribution in [2.45, 2.75) is 19.5 Å². The first kappa shape index (κ1) is 19.6. The fourth-order valence-corrected chi connectivity index (χ4v) is 4.49. The first-order chi connectivity index (χ1) is 15.1. The van der Waals surface area contributed by atoms with Crippen LogP contribution in [0.2, 0.25) is 0 Å². The van der Waals surface area contributed by atoms with Crippen molar-refractivity contribution in [1.29, 1.82) is 0 Å². The van der Waals surface area contributed by atoms with Crippen LogP contribution >= 0.6 is 15.9 Å².